The molecular formula is C12H14IN5O2. The summed E-state index contributed by atoms with van der Waals surface area (Å²) in [7, 11) is 1.60. The Morgan fingerprint density at radius 2 is 2.30 bits per heavy atom. The van der Waals surface area contributed by atoms with Gasteiger partial charge in [0.1, 0.15) is 6.33 Å². The fourth-order valence-electron chi connectivity index (χ4n) is 1.72. The van der Waals surface area contributed by atoms with Crippen LogP contribution in [0.2, 0.25) is 0 Å². The van der Waals surface area contributed by atoms with Crippen molar-refractivity contribution in [3.8, 4) is 5.69 Å². The van der Waals surface area contributed by atoms with Crippen LogP contribution < -0.4 is 5.32 Å². The highest BCUT2D eigenvalue weighted by Crippen LogP contribution is 2.15. The van der Waals surface area contributed by atoms with Crippen molar-refractivity contribution in [3.05, 3.63) is 33.7 Å². The molecule has 1 aromatic carbocycles. The summed E-state index contributed by atoms with van der Waals surface area (Å²) in [5.74, 6) is -0.151. The standard InChI is InChI=1S/C12H14IN5O2/c1-8(6-20-2)15-12(19)9-3-10(13)5-11(4-9)18-7-14-16-17-18/h3-5,7-8H,6H2,1-2H3,(H,15,19)/t8-/m1/s1. The molecule has 0 aliphatic carbocycles. The molecule has 1 amide bonds. The summed E-state index contributed by atoms with van der Waals surface area (Å²) >= 11 is 2.15. The minimum absolute atomic E-state index is 0.0538. The molecule has 1 N–H and O–H groups in total. The minimum Gasteiger partial charge on any atom is -0.383 e. The van der Waals surface area contributed by atoms with Gasteiger partial charge in [0.25, 0.3) is 5.91 Å². The number of nitrogens with one attached hydrogen (secondary N) is 1. The Hall–Kier alpha value is -1.55. The Morgan fingerprint density at radius 1 is 1.50 bits per heavy atom. The maximum absolute atomic E-state index is 12.2. The molecule has 0 aliphatic heterocycles. The van der Waals surface area contributed by atoms with Crippen LogP contribution in [0.3, 0.4) is 0 Å². The number of aromatic nitrogens is 4. The molecule has 0 saturated heterocycles. The van der Waals surface area contributed by atoms with E-state index in [2.05, 4.69) is 43.4 Å². The van der Waals surface area contributed by atoms with Crippen LogP contribution in [0.1, 0.15) is 17.3 Å². The molecule has 8 heteroatoms. The number of halogens is 1. The van der Waals surface area contributed by atoms with Crippen LogP contribution in [0.5, 0.6) is 0 Å². The summed E-state index contributed by atoms with van der Waals surface area (Å²) in [5.41, 5.74) is 1.30. The van der Waals surface area contributed by atoms with Gasteiger partial charge in [0.2, 0.25) is 0 Å². The number of ether oxygens (including phenoxy) is 1. The van der Waals surface area contributed by atoms with E-state index < -0.39 is 0 Å². The van der Waals surface area contributed by atoms with Gasteiger partial charge in [-0.2, -0.15) is 0 Å². The smallest absolute Gasteiger partial charge is 0.251 e. The summed E-state index contributed by atoms with van der Waals surface area (Å²) in [6, 6.07) is 5.39. The molecule has 2 rings (SSSR count). The molecule has 0 unspecified atom stereocenters. The van der Waals surface area contributed by atoms with Crippen molar-refractivity contribution in [3.63, 3.8) is 0 Å². The zero-order chi connectivity index (χ0) is 14.5. The number of hydrogen-bond acceptors (Lipinski definition) is 5. The second-order valence-corrected chi connectivity index (χ2v) is 5.53. The van der Waals surface area contributed by atoms with Crippen LogP contribution in [0, 0.1) is 3.57 Å². The normalized spacial score (nSPS) is 12.2. The van der Waals surface area contributed by atoms with E-state index in [9.17, 15) is 4.79 Å². The van der Waals surface area contributed by atoms with Gasteiger partial charge >= 0.3 is 0 Å². The lowest BCUT2D eigenvalue weighted by Crippen LogP contribution is -2.35. The molecule has 0 saturated carbocycles. The SMILES string of the molecule is COC[C@@H](C)NC(=O)c1cc(I)cc(-n2cnnn2)c1. The maximum Gasteiger partial charge on any atom is 0.251 e. The van der Waals surface area contributed by atoms with E-state index in [0.717, 1.165) is 9.26 Å². The number of tetrazole rings is 1. The summed E-state index contributed by atoms with van der Waals surface area (Å²) in [6.45, 7) is 2.35. The second kappa shape index (κ2) is 6.75. The Kier molecular flexibility index (Phi) is 5.01. The van der Waals surface area contributed by atoms with E-state index in [1.165, 1.54) is 11.0 Å². The van der Waals surface area contributed by atoms with Gasteiger partial charge < -0.3 is 10.1 Å². The average Bonchev–Trinajstić information content (AvgIpc) is 2.92. The minimum atomic E-state index is -0.151. The van der Waals surface area contributed by atoms with Gasteiger partial charge in [-0.1, -0.05) is 0 Å². The molecule has 0 bridgehead atoms. The molecule has 0 spiro atoms. The first kappa shape index (κ1) is 14.9. The highest BCUT2D eigenvalue weighted by molar-refractivity contribution is 14.1. The Labute approximate surface area is 129 Å². The van der Waals surface area contributed by atoms with Gasteiger partial charge in [-0.05, 0) is 58.1 Å². The lowest BCUT2D eigenvalue weighted by atomic mass is 10.2. The van der Waals surface area contributed by atoms with E-state index in [-0.39, 0.29) is 11.9 Å². The monoisotopic (exact) mass is 387 g/mol. The topological polar surface area (TPSA) is 81.9 Å². The first-order valence-electron chi connectivity index (χ1n) is 5.94. The number of methoxy groups -OCH3 is 1. The van der Waals surface area contributed by atoms with Crippen molar-refractivity contribution < 1.29 is 9.53 Å². The van der Waals surface area contributed by atoms with Gasteiger partial charge in [0, 0.05) is 22.3 Å². The van der Waals surface area contributed by atoms with Gasteiger partial charge in [0.15, 0.2) is 0 Å². The molecule has 0 fully saturated rings. The zero-order valence-electron chi connectivity index (χ0n) is 11.1. The first-order valence-corrected chi connectivity index (χ1v) is 7.02. The fourth-order valence-corrected chi connectivity index (χ4v) is 2.37. The Balaban J connectivity index is 2.22. The summed E-state index contributed by atoms with van der Waals surface area (Å²) in [6.07, 6.45) is 1.49. The lowest BCUT2D eigenvalue weighted by Gasteiger charge is -2.13. The molecular weight excluding hydrogens is 373 g/mol. The van der Waals surface area contributed by atoms with Crippen LogP contribution in [0.25, 0.3) is 5.69 Å². The molecule has 20 heavy (non-hydrogen) atoms. The van der Waals surface area contributed by atoms with Crippen molar-refractivity contribution >= 4 is 28.5 Å². The summed E-state index contributed by atoms with van der Waals surface area (Å²) in [4.78, 5) is 12.2. The van der Waals surface area contributed by atoms with Gasteiger partial charge in [-0.3, -0.25) is 4.79 Å². The lowest BCUT2D eigenvalue weighted by molar-refractivity contribution is 0.0905. The number of carbonyl (C=O) groups excluding carboxylic acids is 1. The highest BCUT2D eigenvalue weighted by atomic mass is 127. The second-order valence-electron chi connectivity index (χ2n) is 4.28. The van der Waals surface area contributed by atoms with E-state index in [1.54, 1.807) is 13.2 Å². The van der Waals surface area contributed by atoms with E-state index in [0.29, 0.717) is 12.2 Å². The largest absolute Gasteiger partial charge is 0.383 e. The van der Waals surface area contributed by atoms with Crippen LogP contribution >= 0.6 is 22.6 Å². The van der Waals surface area contributed by atoms with E-state index >= 15 is 0 Å². The number of hydrogen-bond donors (Lipinski definition) is 1. The zero-order valence-corrected chi connectivity index (χ0v) is 13.2. The molecule has 1 atom stereocenters. The first-order chi connectivity index (χ1) is 9.60. The molecule has 0 aliphatic rings. The molecule has 0 radical (unpaired) electrons. The predicted octanol–water partition coefficient (Wildman–Crippen LogP) is 1.03. The number of carbonyl (C=O) groups is 1. The number of amides is 1. The predicted molar refractivity (Wildman–Crippen MR) is 80.7 cm³/mol. The number of rotatable bonds is 5. The third kappa shape index (κ3) is 3.73. The van der Waals surface area contributed by atoms with Gasteiger partial charge in [-0.25, -0.2) is 4.68 Å². The number of benzene rings is 1. The van der Waals surface area contributed by atoms with Crippen molar-refractivity contribution in [2.24, 2.45) is 0 Å². The van der Waals surface area contributed by atoms with E-state index in [4.69, 9.17) is 4.74 Å². The summed E-state index contributed by atoms with van der Waals surface area (Å²) in [5, 5.41) is 13.9. The fraction of sp³-hybridized carbons (Fsp3) is 0.333. The molecule has 1 aromatic heterocycles. The Morgan fingerprint density at radius 3 is 2.95 bits per heavy atom. The molecule has 1 heterocycles. The van der Waals surface area contributed by atoms with Crippen LogP contribution in [0.4, 0.5) is 0 Å². The summed E-state index contributed by atoms with van der Waals surface area (Å²) < 4.78 is 7.44. The average molecular weight is 387 g/mol. The Bertz CT molecular complexity index is 588. The van der Waals surface area contributed by atoms with E-state index in [1.807, 2.05) is 19.1 Å². The van der Waals surface area contributed by atoms with Gasteiger partial charge in [-0.15, -0.1) is 5.10 Å². The van der Waals surface area contributed by atoms with Crippen LogP contribution in [-0.4, -0.2) is 45.9 Å². The molecule has 7 nitrogen and oxygen atoms in total. The van der Waals surface area contributed by atoms with Crippen molar-refractivity contribution in [2.45, 2.75) is 13.0 Å². The molecule has 106 valence electrons. The maximum atomic E-state index is 12.2. The highest BCUT2D eigenvalue weighted by Gasteiger charge is 2.12. The van der Waals surface area contributed by atoms with Crippen LogP contribution in [0.15, 0.2) is 24.5 Å². The van der Waals surface area contributed by atoms with Crippen LogP contribution in [-0.2, 0) is 4.74 Å². The third-order valence-electron chi connectivity index (χ3n) is 2.55. The van der Waals surface area contributed by atoms with Crippen molar-refractivity contribution in [1.29, 1.82) is 0 Å². The van der Waals surface area contributed by atoms with Gasteiger partial charge in [0.05, 0.1) is 12.3 Å². The van der Waals surface area contributed by atoms with Crippen molar-refractivity contribution in [2.75, 3.05) is 13.7 Å². The molecule has 2 aromatic rings. The quantitative estimate of drug-likeness (QED) is 0.776. The number of nitrogens with zero attached hydrogens (tertiary/aromatic N) is 4. The van der Waals surface area contributed by atoms with Crippen molar-refractivity contribution in [1.82, 2.24) is 25.5 Å². The third-order valence-corrected chi connectivity index (χ3v) is 3.18.